The molecule has 0 spiro atoms. The molecule has 0 saturated heterocycles. The van der Waals surface area contributed by atoms with Crippen LogP contribution in [0.5, 0.6) is 0 Å². The van der Waals surface area contributed by atoms with Gasteiger partial charge in [-0.1, -0.05) is 118 Å². The van der Waals surface area contributed by atoms with Crippen LogP contribution in [0.4, 0.5) is 0 Å². The Labute approximate surface area is 311 Å². The topological polar surface area (TPSA) is 35.5 Å². The number of hydrogen-bond donors (Lipinski definition) is 0. The number of fused-ring (bicyclic) bond motifs is 1. The number of allylic oxidation sites excluding steroid dienone is 5. The highest BCUT2D eigenvalue weighted by Gasteiger charge is 2.51. The molecule has 50 heavy (non-hydrogen) atoms. The van der Waals surface area contributed by atoms with E-state index >= 15 is 0 Å². The van der Waals surface area contributed by atoms with Crippen LogP contribution >= 0.6 is 0 Å². The van der Waals surface area contributed by atoms with Crippen molar-refractivity contribution in [3.63, 3.8) is 0 Å². The first-order valence-corrected chi connectivity index (χ1v) is 26.6. The first-order valence-electron chi connectivity index (χ1n) is 20.7. The molecule has 0 bridgehead atoms. The molecule has 4 aliphatic carbocycles. The van der Waals surface area contributed by atoms with Gasteiger partial charge in [-0.15, -0.1) is 0 Å². The summed E-state index contributed by atoms with van der Waals surface area (Å²) in [6, 6.07) is 0. The summed E-state index contributed by atoms with van der Waals surface area (Å²) in [4.78, 5) is 13.4. The molecular formula is C45H78O3Si2. The fraction of sp³-hybridized carbons (Fsp3) is 0.800. The molecule has 4 fully saturated rings. The third-order valence-corrected chi connectivity index (χ3v) is 23.9. The van der Waals surface area contributed by atoms with Crippen LogP contribution in [0.15, 0.2) is 47.6 Å². The van der Waals surface area contributed by atoms with Crippen LogP contribution in [0.2, 0.25) is 36.3 Å². The normalized spacial score (nSPS) is 31.4. The maximum absolute atomic E-state index is 13.4. The van der Waals surface area contributed by atoms with Crippen molar-refractivity contribution in [3.8, 4) is 0 Å². The predicted molar refractivity (Wildman–Crippen MR) is 221 cm³/mol. The molecule has 6 atom stereocenters. The summed E-state index contributed by atoms with van der Waals surface area (Å²) in [6.07, 6.45) is 25.8. The zero-order valence-corrected chi connectivity index (χ0v) is 37.0. The molecule has 0 radical (unpaired) electrons. The van der Waals surface area contributed by atoms with Crippen LogP contribution in [0.25, 0.3) is 0 Å². The maximum Gasteiger partial charge on any atom is 0.192 e. The van der Waals surface area contributed by atoms with Crippen molar-refractivity contribution < 1.29 is 13.6 Å². The quantitative estimate of drug-likeness (QED) is 0.102. The van der Waals surface area contributed by atoms with E-state index in [4.69, 9.17) is 15.4 Å². The third kappa shape index (κ3) is 9.37. The van der Waals surface area contributed by atoms with Crippen molar-refractivity contribution in [2.75, 3.05) is 0 Å². The first kappa shape index (κ1) is 41.7. The fourth-order valence-corrected chi connectivity index (χ4v) is 11.8. The average molecular weight is 723 g/mol. The van der Waals surface area contributed by atoms with E-state index in [9.17, 15) is 4.79 Å². The smallest absolute Gasteiger partial charge is 0.192 e. The van der Waals surface area contributed by atoms with E-state index in [-0.39, 0.29) is 27.7 Å². The summed E-state index contributed by atoms with van der Waals surface area (Å²) in [6.45, 7) is 35.5. The SMILES string of the molecule is C=C1C(=CC=C2CCC[C@]3(C)[C@@H]([C@H](C)C=CC(=O)C4(CCCCCC)CC4)CC[C@@H]23)C[C@@H](O[Si](C)(C)C(C)(C)C)C[C@@H]1O[Si](C)(C)C(C)(C)C. The lowest BCUT2D eigenvalue weighted by atomic mass is 9.61. The molecule has 3 nitrogen and oxygen atoms in total. The Bertz CT molecular complexity index is 1300. The Morgan fingerprint density at radius 1 is 0.940 bits per heavy atom. The zero-order chi connectivity index (χ0) is 37.3. The molecule has 0 aromatic rings. The van der Waals surface area contributed by atoms with Crippen LogP contribution in [0.3, 0.4) is 0 Å². The molecule has 0 heterocycles. The van der Waals surface area contributed by atoms with Gasteiger partial charge in [0.2, 0.25) is 0 Å². The summed E-state index contributed by atoms with van der Waals surface area (Å²) in [7, 11) is -3.94. The summed E-state index contributed by atoms with van der Waals surface area (Å²) in [5.41, 5.74) is 4.40. The van der Waals surface area contributed by atoms with E-state index in [0.717, 1.165) is 32.1 Å². The van der Waals surface area contributed by atoms with Crippen LogP contribution < -0.4 is 0 Å². The van der Waals surface area contributed by atoms with Gasteiger partial charge in [-0.05, 0) is 134 Å². The zero-order valence-electron chi connectivity index (χ0n) is 35.0. The molecule has 0 unspecified atom stereocenters. The number of carbonyl (C=O) groups is 1. The Hall–Kier alpha value is -1.02. The Morgan fingerprint density at radius 3 is 2.18 bits per heavy atom. The summed E-state index contributed by atoms with van der Waals surface area (Å²) in [5, 5.41) is 0.312. The average Bonchev–Trinajstić information content (AvgIpc) is 3.71. The van der Waals surface area contributed by atoms with Crippen molar-refractivity contribution in [1.29, 1.82) is 0 Å². The summed E-state index contributed by atoms with van der Waals surface area (Å²) >= 11 is 0. The minimum Gasteiger partial charge on any atom is -0.413 e. The molecule has 0 amide bonds. The van der Waals surface area contributed by atoms with Crippen LogP contribution in [-0.4, -0.2) is 34.6 Å². The standard InChI is InChI=1S/C45H78O3Si2/c1-15-16-17-18-28-45(29-30-45)41(46)26-21-33(2)38-24-25-39-35(20-19-27-44(38,39)10)22-23-36-31-37(47-49(11,12)42(4,5)6)32-40(34(36)3)48-50(13,14)43(7,8)9/h21-23,26,33,37-40H,3,15-20,24-25,27-32H2,1-2,4-14H3/t33-,37-,38-,39+,40+,44-/m1/s1. The van der Waals surface area contributed by atoms with E-state index < -0.39 is 16.6 Å². The Balaban J connectivity index is 1.52. The van der Waals surface area contributed by atoms with E-state index in [1.165, 1.54) is 68.9 Å². The van der Waals surface area contributed by atoms with Gasteiger partial charge in [0.1, 0.15) is 0 Å². The van der Waals surface area contributed by atoms with Gasteiger partial charge in [-0.25, -0.2) is 0 Å². The van der Waals surface area contributed by atoms with Crippen LogP contribution in [-0.2, 0) is 13.6 Å². The van der Waals surface area contributed by atoms with Crippen molar-refractivity contribution in [2.24, 2.45) is 28.6 Å². The second-order valence-corrected chi connectivity index (χ2v) is 30.0. The Kier molecular flexibility index (Phi) is 13.2. The molecule has 284 valence electrons. The molecule has 0 aromatic carbocycles. The lowest BCUT2D eigenvalue weighted by molar-refractivity contribution is -0.119. The number of unbranched alkanes of at least 4 members (excludes halogenated alkanes) is 3. The number of rotatable bonds is 14. The van der Waals surface area contributed by atoms with Gasteiger partial charge in [0, 0.05) is 11.8 Å². The minimum absolute atomic E-state index is 0.0120. The Morgan fingerprint density at radius 2 is 1.58 bits per heavy atom. The highest BCUT2D eigenvalue weighted by atomic mass is 28.4. The first-order chi connectivity index (χ1) is 23.1. The monoisotopic (exact) mass is 723 g/mol. The van der Waals surface area contributed by atoms with Crippen LogP contribution in [0, 0.1) is 28.6 Å². The van der Waals surface area contributed by atoms with Gasteiger partial charge in [0.25, 0.3) is 0 Å². The predicted octanol–water partition coefficient (Wildman–Crippen LogP) is 13.7. The highest BCUT2D eigenvalue weighted by Crippen LogP contribution is 2.60. The summed E-state index contributed by atoms with van der Waals surface area (Å²) in [5.74, 6) is 2.09. The molecule has 4 aliphatic rings. The van der Waals surface area contributed by atoms with Crippen molar-refractivity contribution in [3.05, 3.63) is 47.6 Å². The van der Waals surface area contributed by atoms with Gasteiger partial charge in [-0.2, -0.15) is 0 Å². The van der Waals surface area contributed by atoms with Gasteiger partial charge < -0.3 is 8.85 Å². The molecule has 0 aromatic heterocycles. The lowest BCUT2D eigenvalue weighted by Gasteiger charge is -2.45. The maximum atomic E-state index is 13.4. The third-order valence-electron chi connectivity index (χ3n) is 14.8. The molecule has 0 aliphatic heterocycles. The minimum atomic E-state index is -1.99. The van der Waals surface area contributed by atoms with E-state index in [0.29, 0.717) is 29.0 Å². The van der Waals surface area contributed by atoms with Crippen molar-refractivity contribution in [2.45, 2.75) is 201 Å². The highest BCUT2D eigenvalue weighted by molar-refractivity contribution is 6.74. The van der Waals surface area contributed by atoms with E-state index in [2.05, 4.69) is 107 Å². The van der Waals surface area contributed by atoms with Gasteiger partial charge >= 0.3 is 0 Å². The molecular weight excluding hydrogens is 645 g/mol. The van der Waals surface area contributed by atoms with Crippen molar-refractivity contribution in [1.82, 2.24) is 0 Å². The van der Waals surface area contributed by atoms with Gasteiger partial charge in [-0.3, -0.25) is 4.79 Å². The van der Waals surface area contributed by atoms with Gasteiger partial charge in [0.15, 0.2) is 22.4 Å². The molecule has 4 rings (SSSR count). The number of hydrogen-bond acceptors (Lipinski definition) is 3. The molecule has 4 saturated carbocycles. The van der Waals surface area contributed by atoms with E-state index in [1.807, 2.05) is 6.08 Å². The van der Waals surface area contributed by atoms with E-state index in [1.54, 1.807) is 5.57 Å². The molecule has 5 heteroatoms. The van der Waals surface area contributed by atoms with Gasteiger partial charge in [0.05, 0.1) is 12.2 Å². The van der Waals surface area contributed by atoms with Crippen molar-refractivity contribution >= 4 is 22.4 Å². The number of carbonyl (C=O) groups excluding carboxylic acids is 1. The lowest BCUT2D eigenvalue weighted by Crippen LogP contribution is -2.49. The molecule has 0 N–H and O–H groups in total. The number of ketones is 1. The fourth-order valence-electron chi connectivity index (χ4n) is 9.12. The largest absolute Gasteiger partial charge is 0.413 e. The second-order valence-electron chi connectivity index (χ2n) is 20.5. The second kappa shape index (κ2) is 15.8. The summed E-state index contributed by atoms with van der Waals surface area (Å²) < 4.78 is 14.2. The van der Waals surface area contributed by atoms with Crippen LogP contribution in [0.1, 0.15) is 152 Å².